The van der Waals surface area contributed by atoms with Crippen molar-refractivity contribution in [2.75, 3.05) is 6.79 Å². The Kier molecular flexibility index (Phi) is 3.41. The van der Waals surface area contributed by atoms with Crippen molar-refractivity contribution in [3.63, 3.8) is 0 Å². The molecule has 106 valence electrons. The van der Waals surface area contributed by atoms with Crippen molar-refractivity contribution in [1.29, 1.82) is 0 Å². The molecule has 5 nitrogen and oxygen atoms in total. The first-order chi connectivity index (χ1) is 9.56. The fraction of sp³-hybridized carbons (Fsp3) is 0.231. The van der Waals surface area contributed by atoms with Crippen LogP contribution in [-0.4, -0.2) is 15.2 Å². The van der Waals surface area contributed by atoms with Crippen LogP contribution in [0.25, 0.3) is 0 Å². The first-order valence-electron chi connectivity index (χ1n) is 6.02. The Labute approximate surface area is 121 Å². The molecule has 0 unspecified atom stereocenters. The molecule has 20 heavy (non-hydrogen) atoms. The Hall–Kier alpha value is -1.57. The molecule has 1 atom stereocenters. The van der Waals surface area contributed by atoms with Gasteiger partial charge in [0.2, 0.25) is 6.79 Å². The molecule has 0 fully saturated rings. The van der Waals surface area contributed by atoms with Gasteiger partial charge in [-0.25, -0.2) is 13.1 Å². The molecular weight excluding hydrogens is 298 g/mol. The summed E-state index contributed by atoms with van der Waals surface area (Å²) in [6.07, 6.45) is 0. The Bertz CT molecular complexity index is 710. The van der Waals surface area contributed by atoms with E-state index in [1.807, 2.05) is 6.07 Å². The molecule has 0 bridgehead atoms. The third kappa shape index (κ3) is 2.52. The summed E-state index contributed by atoms with van der Waals surface area (Å²) in [5.41, 5.74) is 0.828. The van der Waals surface area contributed by atoms with Crippen molar-refractivity contribution in [3.05, 3.63) is 41.3 Å². The molecule has 7 heteroatoms. The van der Waals surface area contributed by atoms with E-state index in [1.54, 1.807) is 36.6 Å². The lowest BCUT2D eigenvalue weighted by molar-refractivity contribution is 0.174. The maximum absolute atomic E-state index is 12.2. The van der Waals surface area contributed by atoms with Crippen LogP contribution in [-0.2, 0) is 10.0 Å². The summed E-state index contributed by atoms with van der Waals surface area (Å²) in [5, 5.41) is 1.74. The monoisotopic (exact) mass is 311 g/mol. The van der Waals surface area contributed by atoms with E-state index < -0.39 is 10.0 Å². The molecule has 1 aliphatic rings. The van der Waals surface area contributed by atoms with E-state index in [1.165, 1.54) is 11.3 Å². The summed E-state index contributed by atoms with van der Waals surface area (Å²) in [7, 11) is -3.48. The molecule has 1 aromatic heterocycles. The number of rotatable bonds is 4. The standard InChI is InChI=1S/C13H13NO4S2/c1-9(14-20(15,16)13-3-2-6-19-13)10-4-5-11-12(7-10)18-8-17-11/h2-7,9,14H,8H2,1H3/t9-/m0/s1. The largest absolute Gasteiger partial charge is 0.454 e. The SMILES string of the molecule is C[C@H](NS(=O)(=O)c1cccs1)c1ccc2c(c1)OCO2. The molecule has 2 heterocycles. The number of benzene rings is 1. The van der Waals surface area contributed by atoms with Crippen molar-refractivity contribution >= 4 is 21.4 Å². The van der Waals surface area contributed by atoms with Crippen LogP contribution in [0.4, 0.5) is 0 Å². The van der Waals surface area contributed by atoms with Gasteiger partial charge < -0.3 is 9.47 Å². The van der Waals surface area contributed by atoms with Crippen LogP contribution < -0.4 is 14.2 Å². The first kappa shape index (κ1) is 13.4. The first-order valence-corrected chi connectivity index (χ1v) is 8.38. The maximum Gasteiger partial charge on any atom is 0.250 e. The predicted octanol–water partition coefficient (Wildman–Crippen LogP) is 2.52. The number of hydrogen-bond acceptors (Lipinski definition) is 5. The average molecular weight is 311 g/mol. The number of thiophene rings is 1. The third-order valence-corrected chi connectivity index (χ3v) is 5.93. The lowest BCUT2D eigenvalue weighted by Gasteiger charge is -2.14. The zero-order valence-electron chi connectivity index (χ0n) is 10.7. The minimum absolute atomic E-state index is 0.202. The highest BCUT2D eigenvalue weighted by Gasteiger charge is 2.21. The predicted molar refractivity (Wildman–Crippen MR) is 75.6 cm³/mol. The van der Waals surface area contributed by atoms with E-state index >= 15 is 0 Å². The van der Waals surface area contributed by atoms with Crippen LogP contribution in [0.2, 0.25) is 0 Å². The van der Waals surface area contributed by atoms with E-state index in [2.05, 4.69) is 4.72 Å². The van der Waals surface area contributed by atoms with Crippen molar-refractivity contribution < 1.29 is 17.9 Å². The molecular formula is C13H13NO4S2. The van der Waals surface area contributed by atoms with Crippen LogP contribution in [0.5, 0.6) is 11.5 Å². The highest BCUT2D eigenvalue weighted by atomic mass is 32.2. The van der Waals surface area contributed by atoms with Gasteiger partial charge in [0.05, 0.1) is 0 Å². The molecule has 0 radical (unpaired) electrons. The van der Waals surface area contributed by atoms with Crippen LogP contribution in [0, 0.1) is 0 Å². The molecule has 0 spiro atoms. The molecule has 3 rings (SSSR count). The van der Waals surface area contributed by atoms with Crippen molar-refractivity contribution in [1.82, 2.24) is 4.72 Å². The molecule has 1 N–H and O–H groups in total. The quantitative estimate of drug-likeness (QED) is 0.942. The summed E-state index contributed by atoms with van der Waals surface area (Å²) in [5.74, 6) is 1.33. The lowest BCUT2D eigenvalue weighted by atomic mass is 10.1. The fourth-order valence-corrected chi connectivity index (χ4v) is 4.20. The van der Waals surface area contributed by atoms with E-state index in [9.17, 15) is 8.42 Å². The molecule has 0 aliphatic carbocycles. The Balaban J connectivity index is 1.81. The Morgan fingerprint density at radius 2 is 2.05 bits per heavy atom. The van der Waals surface area contributed by atoms with E-state index in [-0.39, 0.29) is 12.8 Å². The maximum atomic E-state index is 12.2. The van der Waals surface area contributed by atoms with Gasteiger partial charge in [-0.1, -0.05) is 12.1 Å². The summed E-state index contributed by atoms with van der Waals surface area (Å²) in [6.45, 7) is 2.00. The summed E-state index contributed by atoms with van der Waals surface area (Å²) in [6, 6.07) is 8.35. The number of nitrogens with one attached hydrogen (secondary N) is 1. The minimum atomic E-state index is -3.48. The second kappa shape index (κ2) is 5.08. The zero-order chi connectivity index (χ0) is 14.2. The van der Waals surface area contributed by atoms with Gasteiger partial charge in [0.15, 0.2) is 11.5 Å². The minimum Gasteiger partial charge on any atom is -0.454 e. The summed E-state index contributed by atoms with van der Waals surface area (Å²) >= 11 is 1.19. The van der Waals surface area contributed by atoms with Crippen molar-refractivity contribution in [2.24, 2.45) is 0 Å². The highest BCUT2D eigenvalue weighted by Crippen LogP contribution is 2.34. The molecule has 2 aromatic rings. The number of fused-ring (bicyclic) bond motifs is 1. The molecule has 1 aliphatic heterocycles. The summed E-state index contributed by atoms with van der Waals surface area (Å²) in [4.78, 5) is 0. The van der Waals surface area contributed by atoms with E-state index in [0.29, 0.717) is 15.7 Å². The third-order valence-electron chi connectivity index (χ3n) is 2.99. The molecule has 0 saturated heterocycles. The fourth-order valence-electron chi connectivity index (χ4n) is 1.96. The molecule has 0 amide bonds. The van der Waals surface area contributed by atoms with Crippen molar-refractivity contribution in [3.8, 4) is 11.5 Å². The highest BCUT2D eigenvalue weighted by molar-refractivity contribution is 7.91. The van der Waals surface area contributed by atoms with E-state index in [0.717, 1.165) is 5.56 Å². The van der Waals surface area contributed by atoms with Gasteiger partial charge in [-0.3, -0.25) is 0 Å². The van der Waals surface area contributed by atoms with Crippen LogP contribution in [0.15, 0.2) is 39.9 Å². The number of sulfonamides is 1. The summed E-state index contributed by atoms with van der Waals surface area (Å²) < 4.78 is 37.8. The van der Waals surface area contributed by atoms with Crippen LogP contribution in [0.3, 0.4) is 0 Å². The Morgan fingerprint density at radius 1 is 1.25 bits per heavy atom. The van der Waals surface area contributed by atoms with Gasteiger partial charge in [-0.15, -0.1) is 11.3 Å². The van der Waals surface area contributed by atoms with Gasteiger partial charge in [-0.05, 0) is 36.1 Å². The number of ether oxygens (including phenoxy) is 2. The average Bonchev–Trinajstić information content (AvgIpc) is 3.09. The van der Waals surface area contributed by atoms with Crippen LogP contribution >= 0.6 is 11.3 Å². The molecule has 0 saturated carbocycles. The van der Waals surface area contributed by atoms with Gasteiger partial charge in [0.25, 0.3) is 10.0 Å². The van der Waals surface area contributed by atoms with Crippen LogP contribution in [0.1, 0.15) is 18.5 Å². The van der Waals surface area contributed by atoms with Gasteiger partial charge in [0.1, 0.15) is 4.21 Å². The van der Waals surface area contributed by atoms with Gasteiger partial charge in [0, 0.05) is 6.04 Å². The smallest absolute Gasteiger partial charge is 0.250 e. The van der Waals surface area contributed by atoms with E-state index in [4.69, 9.17) is 9.47 Å². The topological polar surface area (TPSA) is 64.6 Å². The second-order valence-electron chi connectivity index (χ2n) is 4.39. The molecule has 1 aromatic carbocycles. The van der Waals surface area contributed by atoms with Crippen molar-refractivity contribution in [2.45, 2.75) is 17.2 Å². The second-order valence-corrected chi connectivity index (χ2v) is 7.28. The van der Waals surface area contributed by atoms with Gasteiger partial charge >= 0.3 is 0 Å². The Morgan fingerprint density at radius 3 is 2.80 bits per heavy atom. The zero-order valence-corrected chi connectivity index (χ0v) is 12.3. The number of hydrogen-bond donors (Lipinski definition) is 1. The van der Waals surface area contributed by atoms with Gasteiger partial charge in [-0.2, -0.15) is 0 Å². The lowest BCUT2D eigenvalue weighted by Crippen LogP contribution is -2.26. The normalized spacial score (nSPS) is 15.2.